The van der Waals surface area contributed by atoms with Gasteiger partial charge in [0.25, 0.3) is 0 Å². The van der Waals surface area contributed by atoms with Gasteiger partial charge in [0.05, 0.1) is 0 Å². The van der Waals surface area contributed by atoms with Gasteiger partial charge in [-0.25, -0.2) is 0 Å². The van der Waals surface area contributed by atoms with Crippen LogP contribution in [-0.4, -0.2) is 18.8 Å². The Bertz CT molecular complexity index is 740. The predicted molar refractivity (Wildman–Crippen MR) is 102 cm³/mol. The van der Waals surface area contributed by atoms with Crippen molar-refractivity contribution in [3.8, 4) is 0 Å². The van der Waals surface area contributed by atoms with Gasteiger partial charge in [0.2, 0.25) is 0 Å². The fourth-order valence-corrected chi connectivity index (χ4v) is 4.91. The molecule has 0 bridgehead atoms. The number of hydrogen-bond acceptors (Lipinski definition) is 2. The molecule has 134 valence electrons. The molecule has 2 aromatic rings. The van der Waals surface area contributed by atoms with Crippen molar-refractivity contribution in [2.45, 2.75) is 51.1 Å². The normalized spacial score (nSPS) is 16.5. The average Bonchev–Trinajstić information content (AvgIpc) is 2.90. The largest absolute Gasteiger partial charge is 0.302 e. The summed E-state index contributed by atoms with van der Waals surface area (Å²) in [5.74, 6) is 0. The minimum Gasteiger partial charge on any atom is -0.271 e. The highest BCUT2D eigenvalue weighted by atomic mass is 32.2. The minimum absolute atomic E-state index is 0.0592. The van der Waals surface area contributed by atoms with Gasteiger partial charge in [-0.05, 0) is 30.5 Å². The number of hydrogen-bond donors (Lipinski definition) is 1. The molecule has 5 heteroatoms. The van der Waals surface area contributed by atoms with Gasteiger partial charge in [-0.1, -0.05) is 74.2 Å². The van der Waals surface area contributed by atoms with Crippen molar-refractivity contribution in [1.82, 2.24) is 4.31 Å². The lowest BCUT2D eigenvalue weighted by Crippen LogP contribution is -2.42. The smallest absolute Gasteiger partial charge is 0.271 e. The summed E-state index contributed by atoms with van der Waals surface area (Å²) in [6.07, 6.45) is 6.45. The molecule has 25 heavy (non-hydrogen) atoms. The van der Waals surface area contributed by atoms with Gasteiger partial charge in [-0.15, -0.1) is 0 Å². The lowest BCUT2D eigenvalue weighted by atomic mass is 10.1. The molecule has 0 saturated heterocycles. The molecule has 2 aromatic carbocycles. The first-order valence-corrected chi connectivity index (χ1v) is 10.5. The van der Waals surface area contributed by atoms with E-state index < -0.39 is 10.2 Å². The van der Waals surface area contributed by atoms with Crippen molar-refractivity contribution >= 4 is 15.9 Å². The van der Waals surface area contributed by atoms with E-state index in [2.05, 4.69) is 4.72 Å². The monoisotopic (exact) mass is 358 g/mol. The van der Waals surface area contributed by atoms with Crippen LogP contribution in [0.25, 0.3) is 0 Å². The average molecular weight is 359 g/mol. The van der Waals surface area contributed by atoms with Crippen LogP contribution < -0.4 is 4.72 Å². The number of para-hydroxylation sites is 1. The van der Waals surface area contributed by atoms with Crippen molar-refractivity contribution < 1.29 is 8.42 Å². The topological polar surface area (TPSA) is 49.4 Å². The van der Waals surface area contributed by atoms with Crippen LogP contribution in [0.3, 0.4) is 0 Å². The van der Waals surface area contributed by atoms with E-state index in [0.717, 1.165) is 31.2 Å². The maximum atomic E-state index is 13.1. The molecule has 0 heterocycles. The molecule has 1 aliphatic carbocycles. The van der Waals surface area contributed by atoms with Gasteiger partial charge in [0, 0.05) is 18.3 Å². The quantitative estimate of drug-likeness (QED) is 0.769. The van der Waals surface area contributed by atoms with E-state index in [1.54, 1.807) is 16.4 Å². The second kappa shape index (κ2) is 8.50. The summed E-state index contributed by atoms with van der Waals surface area (Å²) in [6, 6.07) is 19.0. The van der Waals surface area contributed by atoms with Crippen LogP contribution in [0.1, 0.15) is 44.1 Å². The summed E-state index contributed by atoms with van der Waals surface area (Å²) >= 11 is 0. The summed E-state index contributed by atoms with van der Waals surface area (Å²) < 4.78 is 30.7. The van der Waals surface area contributed by atoms with Crippen LogP contribution in [0.4, 0.5) is 5.69 Å². The first kappa shape index (κ1) is 18.0. The van der Waals surface area contributed by atoms with Gasteiger partial charge in [-0.3, -0.25) is 4.72 Å². The first-order valence-electron chi connectivity index (χ1n) is 9.04. The molecule has 1 saturated carbocycles. The van der Waals surface area contributed by atoms with Gasteiger partial charge < -0.3 is 0 Å². The van der Waals surface area contributed by atoms with E-state index in [1.807, 2.05) is 48.5 Å². The standard InChI is InChI=1S/C20H26N2O2S/c23-25(24,21-19-13-7-4-8-14-19)22(17-18-11-5-3-6-12-18)20-15-9-1-2-10-16-20/h3-8,11-14,20-21H,1-2,9-10,15-17H2. The summed E-state index contributed by atoms with van der Waals surface area (Å²) in [4.78, 5) is 0. The minimum atomic E-state index is -3.61. The Balaban J connectivity index is 1.86. The molecule has 0 aromatic heterocycles. The van der Waals surface area contributed by atoms with Crippen LogP contribution in [0.5, 0.6) is 0 Å². The van der Waals surface area contributed by atoms with Crippen LogP contribution in [0, 0.1) is 0 Å². The van der Waals surface area contributed by atoms with Gasteiger partial charge >= 0.3 is 10.2 Å². The highest BCUT2D eigenvalue weighted by Crippen LogP contribution is 2.26. The van der Waals surface area contributed by atoms with Gasteiger partial charge in [0.1, 0.15) is 0 Å². The summed E-state index contributed by atoms with van der Waals surface area (Å²) in [5, 5.41) is 0. The Labute approximate surface area is 151 Å². The Morgan fingerprint density at radius 3 is 2.00 bits per heavy atom. The molecule has 4 nitrogen and oxygen atoms in total. The number of rotatable bonds is 6. The molecule has 1 N–H and O–H groups in total. The molecule has 0 unspecified atom stereocenters. The molecule has 0 radical (unpaired) electrons. The summed E-state index contributed by atoms with van der Waals surface area (Å²) in [5.41, 5.74) is 1.62. The molecular weight excluding hydrogens is 332 g/mol. The SMILES string of the molecule is O=S(=O)(Nc1ccccc1)N(Cc1ccccc1)C1CCCCCC1. The fraction of sp³-hybridized carbons (Fsp3) is 0.400. The number of nitrogens with one attached hydrogen (secondary N) is 1. The highest BCUT2D eigenvalue weighted by molar-refractivity contribution is 7.90. The second-order valence-corrected chi connectivity index (χ2v) is 8.27. The van der Waals surface area contributed by atoms with E-state index in [9.17, 15) is 8.42 Å². The Morgan fingerprint density at radius 2 is 1.40 bits per heavy atom. The predicted octanol–water partition coefficient (Wildman–Crippen LogP) is 4.57. The van der Waals surface area contributed by atoms with E-state index in [4.69, 9.17) is 0 Å². The Morgan fingerprint density at radius 1 is 0.840 bits per heavy atom. The number of benzene rings is 2. The maximum Gasteiger partial charge on any atom is 0.302 e. The van der Waals surface area contributed by atoms with E-state index in [0.29, 0.717) is 12.2 Å². The lowest BCUT2D eigenvalue weighted by Gasteiger charge is -2.30. The van der Waals surface area contributed by atoms with Gasteiger partial charge in [0.15, 0.2) is 0 Å². The first-order chi connectivity index (χ1) is 12.1. The zero-order valence-corrected chi connectivity index (χ0v) is 15.3. The van der Waals surface area contributed by atoms with Crippen LogP contribution in [0.2, 0.25) is 0 Å². The molecular formula is C20H26N2O2S. The highest BCUT2D eigenvalue weighted by Gasteiger charge is 2.30. The van der Waals surface area contributed by atoms with Crippen LogP contribution in [0.15, 0.2) is 60.7 Å². The van der Waals surface area contributed by atoms with Crippen LogP contribution in [-0.2, 0) is 16.8 Å². The lowest BCUT2D eigenvalue weighted by molar-refractivity contribution is 0.288. The number of anilines is 1. The van der Waals surface area contributed by atoms with E-state index in [-0.39, 0.29) is 6.04 Å². The second-order valence-electron chi connectivity index (χ2n) is 6.65. The van der Waals surface area contributed by atoms with Crippen molar-refractivity contribution in [1.29, 1.82) is 0 Å². The number of nitrogens with zero attached hydrogens (tertiary/aromatic N) is 1. The molecule has 3 rings (SSSR count). The third-order valence-corrected chi connectivity index (χ3v) is 6.28. The van der Waals surface area contributed by atoms with Crippen molar-refractivity contribution in [2.75, 3.05) is 4.72 Å². The van der Waals surface area contributed by atoms with Crippen molar-refractivity contribution in [3.63, 3.8) is 0 Å². The molecule has 1 fully saturated rings. The fourth-order valence-electron chi connectivity index (χ4n) is 3.43. The maximum absolute atomic E-state index is 13.1. The van der Waals surface area contributed by atoms with Crippen molar-refractivity contribution in [3.05, 3.63) is 66.2 Å². The van der Waals surface area contributed by atoms with Gasteiger partial charge in [-0.2, -0.15) is 12.7 Å². The van der Waals surface area contributed by atoms with Crippen LogP contribution >= 0.6 is 0 Å². The summed E-state index contributed by atoms with van der Waals surface area (Å²) in [6.45, 7) is 0.410. The zero-order valence-electron chi connectivity index (χ0n) is 14.5. The Kier molecular flexibility index (Phi) is 6.10. The zero-order chi connectivity index (χ0) is 17.5. The third kappa shape index (κ3) is 5.06. The third-order valence-electron chi connectivity index (χ3n) is 4.74. The van der Waals surface area contributed by atoms with E-state index in [1.165, 1.54) is 12.8 Å². The molecule has 1 aliphatic rings. The Hall–Kier alpha value is -1.85. The molecule has 0 aliphatic heterocycles. The molecule has 0 atom stereocenters. The van der Waals surface area contributed by atoms with E-state index >= 15 is 0 Å². The molecule has 0 spiro atoms. The van der Waals surface area contributed by atoms with Crippen molar-refractivity contribution in [2.24, 2.45) is 0 Å². The summed E-state index contributed by atoms with van der Waals surface area (Å²) in [7, 11) is -3.61. The molecule has 0 amide bonds.